The summed E-state index contributed by atoms with van der Waals surface area (Å²) in [4.78, 5) is 12.2. The number of amides is 1. The predicted molar refractivity (Wildman–Crippen MR) is 105 cm³/mol. The van der Waals surface area contributed by atoms with Crippen LogP contribution in [0.3, 0.4) is 0 Å². The van der Waals surface area contributed by atoms with Gasteiger partial charge in [-0.05, 0) is 29.8 Å². The highest BCUT2D eigenvalue weighted by Gasteiger charge is 2.17. The number of halogens is 5. The van der Waals surface area contributed by atoms with Crippen LogP contribution in [-0.4, -0.2) is 16.1 Å². The van der Waals surface area contributed by atoms with Crippen molar-refractivity contribution in [2.45, 2.75) is 10.1 Å². The Kier molecular flexibility index (Phi) is 6.54. The van der Waals surface area contributed by atoms with Gasteiger partial charge in [0.15, 0.2) is 16.0 Å². The topological polar surface area (TPSA) is 54.9 Å². The summed E-state index contributed by atoms with van der Waals surface area (Å²) in [5, 5.41) is 11.3. The van der Waals surface area contributed by atoms with Gasteiger partial charge in [0.05, 0.1) is 10.6 Å². The molecule has 0 spiro atoms. The van der Waals surface area contributed by atoms with Crippen molar-refractivity contribution in [1.82, 2.24) is 10.2 Å². The number of nitrogens with zero attached hydrogens (tertiary/aromatic N) is 2. The zero-order valence-corrected chi connectivity index (χ0v) is 17.0. The fourth-order valence-corrected chi connectivity index (χ4v) is 4.71. The van der Waals surface area contributed by atoms with Gasteiger partial charge in [0, 0.05) is 15.8 Å². The van der Waals surface area contributed by atoms with Crippen LogP contribution in [0.15, 0.2) is 34.7 Å². The molecule has 0 fully saturated rings. The van der Waals surface area contributed by atoms with E-state index in [-0.39, 0.29) is 15.7 Å². The van der Waals surface area contributed by atoms with E-state index >= 15 is 0 Å². The Balaban J connectivity index is 1.68. The van der Waals surface area contributed by atoms with Gasteiger partial charge in [-0.25, -0.2) is 8.78 Å². The van der Waals surface area contributed by atoms with Crippen LogP contribution in [0.25, 0.3) is 0 Å². The zero-order valence-electron chi connectivity index (χ0n) is 13.1. The summed E-state index contributed by atoms with van der Waals surface area (Å²) in [5.74, 6) is -2.56. The van der Waals surface area contributed by atoms with Gasteiger partial charge in [-0.2, -0.15) is 0 Å². The lowest BCUT2D eigenvalue weighted by molar-refractivity contribution is 0.102. The van der Waals surface area contributed by atoms with Crippen molar-refractivity contribution in [3.8, 4) is 0 Å². The Morgan fingerprint density at radius 1 is 1.07 bits per heavy atom. The first-order valence-electron chi connectivity index (χ1n) is 7.20. The highest BCUT2D eigenvalue weighted by atomic mass is 35.5. The number of anilines is 1. The van der Waals surface area contributed by atoms with E-state index in [1.807, 2.05) is 0 Å². The smallest absolute Gasteiger partial charge is 0.259 e. The third-order valence-corrected chi connectivity index (χ3v) is 6.30. The van der Waals surface area contributed by atoms with Crippen LogP contribution in [0.2, 0.25) is 15.1 Å². The predicted octanol–water partition coefficient (Wildman–Crippen LogP) is 6.32. The molecule has 4 nitrogen and oxygen atoms in total. The van der Waals surface area contributed by atoms with Gasteiger partial charge in [0.2, 0.25) is 5.13 Å². The summed E-state index contributed by atoms with van der Waals surface area (Å²) in [6, 6.07) is 6.69. The Hall–Kier alpha value is -1.45. The molecule has 0 saturated heterocycles. The lowest BCUT2D eigenvalue weighted by Crippen LogP contribution is -2.13. The van der Waals surface area contributed by atoms with E-state index in [0.717, 1.165) is 29.0 Å². The summed E-state index contributed by atoms with van der Waals surface area (Å²) in [7, 11) is 0. The third kappa shape index (κ3) is 4.89. The molecule has 0 radical (unpaired) electrons. The number of carbonyl (C=O) groups is 1. The first-order valence-corrected chi connectivity index (χ1v) is 10.1. The molecule has 0 aliphatic carbocycles. The van der Waals surface area contributed by atoms with Crippen molar-refractivity contribution in [3.05, 3.63) is 68.2 Å². The fourth-order valence-electron chi connectivity index (χ4n) is 1.98. The van der Waals surface area contributed by atoms with Gasteiger partial charge < -0.3 is 0 Å². The van der Waals surface area contributed by atoms with Crippen LogP contribution in [-0.2, 0) is 5.75 Å². The van der Waals surface area contributed by atoms with Crippen molar-refractivity contribution < 1.29 is 13.6 Å². The van der Waals surface area contributed by atoms with Crippen LogP contribution in [0, 0.1) is 11.6 Å². The van der Waals surface area contributed by atoms with E-state index in [1.165, 1.54) is 11.8 Å². The highest BCUT2D eigenvalue weighted by molar-refractivity contribution is 8.00. The molecule has 0 saturated carbocycles. The lowest BCUT2D eigenvalue weighted by atomic mass is 10.2. The normalized spacial score (nSPS) is 10.9. The van der Waals surface area contributed by atoms with E-state index in [0.29, 0.717) is 20.1 Å². The summed E-state index contributed by atoms with van der Waals surface area (Å²) in [5.41, 5.74) is 0.558. The largest absolute Gasteiger partial charge is 0.296 e. The van der Waals surface area contributed by atoms with Crippen molar-refractivity contribution in [1.29, 1.82) is 0 Å². The molecule has 140 valence electrons. The van der Waals surface area contributed by atoms with E-state index in [9.17, 15) is 13.6 Å². The quantitative estimate of drug-likeness (QED) is 0.271. The van der Waals surface area contributed by atoms with Crippen LogP contribution >= 0.6 is 57.9 Å². The molecule has 1 N–H and O–H groups in total. The molecule has 0 bridgehead atoms. The molecule has 0 unspecified atom stereocenters. The molecule has 3 aromatic rings. The van der Waals surface area contributed by atoms with Crippen LogP contribution < -0.4 is 5.32 Å². The first-order chi connectivity index (χ1) is 12.8. The molecular formula is C16H8Cl3F2N3OS2. The van der Waals surface area contributed by atoms with Gasteiger partial charge in [-0.15, -0.1) is 10.2 Å². The maximum atomic E-state index is 13.3. The Morgan fingerprint density at radius 3 is 2.44 bits per heavy atom. The van der Waals surface area contributed by atoms with Crippen molar-refractivity contribution in [2.24, 2.45) is 0 Å². The van der Waals surface area contributed by atoms with E-state index in [2.05, 4.69) is 15.5 Å². The number of aromatic nitrogens is 2. The van der Waals surface area contributed by atoms with Crippen molar-refractivity contribution in [3.63, 3.8) is 0 Å². The van der Waals surface area contributed by atoms with Gasteiger partial charge >= 0.3 is 0 Å². The van der Waals surface area contributed by atoms with Crippen molar-refractivity contribution >= 4 is 68.9 Å². The Bertz CT molecular complexity index is 996. The second kappa shape index (κ2) is 8.70. The van der Waals surface area contributed by atoms with E-state index < -0.39 is 17.5 Å². The minimum atomic E-state index is -1.17. The number of rotatable bonds is 5. The lowest BCUT2D eigenvalue weighted by Gasteiger charge is -2.05. The number of hydrogen-bond donors (Lipinski definition) is 1. The summed E-state index contributed by atoms with van der Waals surface area (Å²) < 4.78 is 27.0. The minimum Gasteiger partial charge on any atom is -0.296 e. The average molecular weight is 467 g/mol. The number of hydrogen-bond acceptors (Lipinski definition) is 5. The molecule has 0 atom stereocenters. The van der Waals surface area contributed by atoms with Crippen LogP contribution in [0.1, 0.15) is 15.9 Å². The molecule has 27 heavy (non-hydrogen) atoms. The molecule has 2 aromatic carbocycles. The summed E-state index contributed by atoms with van der Waals surface area (Å²) >= 11 is 20.5. The molecule has 1 aromatic heterocycles. The number of thioether (sulfide) groups is 1. The minimum absolute atomic E-state index is 0.188. The molecule has 1 amide bonds. The third-order valence-electron chi connectivity index (χ3n) is 3.28. The molecule has 1 heterocycles. The number of benzene rings is 2. The highest BCUT2D eigenvalue weighted by Crippen LogP contribution is 2.34. The fraction of sp³-hybridized carbons (Fsp3) is 0.0625. The summed E-state index contributed by atoms with van der Waals surface area (Å²) in [6.45, 7) is 0. The monoisotopic (exact) mass is 465 g/mol. The van der Waals surface area contributed by atoms with Crippen LogP contribution in [0.5, 0.6) is 0 Å². The van der Waals surface area contributed by atoms with Gasteiger partial charge in [-0.3, -0.25) is 10.1 Å². The molecule has 0 aliphatic rings. The average Bonchev–Trinajstić information content (AvgIpc) is 3.05. The van der Waals surface area contributed by atoms with Gasteiger partial charge in [0.25, 0.3) is 5.91 Å². The maximum Gasteiger partial charge on any atom is 0.259 e. The second-order valence-corrected chi connectivity index (χ2v) is 8.48. The number of carbonyl (C=O) groups excluding carboxylic acids is 1. The zero-order chi connectivity index (χ0) is 19.6. The van der Waals surface area contributed by atoms with Crippen LogP contribution in [0.4, 0.5) is 13.9 Å². The standard InChI is InChI=1S/C16H8Cl3F2N3OS2/c17-9-2-1-3-10(18)8(9)6-26-16-24-23-15(27-16)22-14(25)7-4-12(20)13(21)5-11(7)19/h1-5H,6H2,(H,22,23,25). The van der Waals surface area contributed by atoms with Gasteiger partial charge in [0.1, 0.15) is 0 Å². The Labute approximate surface area is 175 Å². The summed E-state index contributed by atoms with van der Waals surface area (Å²) in [6.07, 6.45) is 0. The SMILES string of the molecule is O=C(Nc1nnc(SCc2c(Cl)cccc2Cl)s1)c1cc(F)c(F)cc1Cl. The maximum absolute atomic E-state index is 13.3. The van der Waals surface area contributed by atoms with E-state index in [4.69, 9.17) is 34.8 Å². The first kappa shape index (κ1) is 20.3. The van der Waals surface area contributed by atoms with Gasteiger partial charge in [-0.1, -0.05) is 64.0 Å². The Morgan fingerprint density at radius 2 is 1.74 bits per heavy atom. The number of nitrogens with one attached hydrogen (secondary N) is 1. The second-order valence-electron chi connectivity index (χ2n) is 5.06. The molecular weight excluding hydrogens is 459 g/mol. The van der Waals surface area contributed by atoms with E-state index in [1.54, 1.807) is 18.2 Å². The molecule has 11 heteroatoms. The molecule has 0 aliphatic heterocycles. The molecule has 3 rings (SSSR count). The van der Waals surface area contributed by atoms with Crippen molar-refractivity contribution in [2.75, 3.05) is 5.32 Å².